The summed E-state index contributed by atoms with van der Waals surface area (Å²) >= 11 is 6.05. The normalized spacial score (nSPS) is 31.4. The number of hydrogen-bond acceptors (Lipinski definition) is 1. The van der Waals surface area contributed by atoms with Gasteiger partial charge in [-0.2, -0.15) is 13.2 Å². The van der Waals surface area contributed by atoms with Gasteiger partial charge in [-0.3, -0.25) is 0 Å². The summed E-state index contributed by atoms with van der Waals surface area (Å²) in [6.45, 7) is 1.62. The van der Waals surface area contributed by atoms with Gasteiger partial charge in [-0.15, -0.1) is 0 Å². The molecule has 1 aliphatic carbocycles. The van der Waals surface area contributed by atoms with Gasteiger partial charge < -0.3 is 5.32 Å². The highest BCUT2D eigenvalue weighted by molar-refractivity contribution is 6.31. The molecule has 1 saturated carbocycles. The zero-order chi connectivity index (χ0) is 12.3. The van der Waals surface area contributed by atoms with Crippen molar-refractivity contribution in [2.75, 3.05) is 13.1 Å². The van der Waals surface area contributed by atoms with E-state index in [1.807, 2.05) is 0 Å². The van der Waals surface area contributed by atoms with E-state index in [4.69, 9.17) is 11.6 Å². The Balaban J connectivity index is 2.05. The van der Waals surface area contributed by atoms with Crippen molar-refractivity contribution in [1.82, 2.24) is 5.32 Å². The summed E-state index contributed by atoms with van der Waals surface area (Å²) in [4.78, 5) is 0. The Labute approximate surface area is 102 Å². The van der Waals surface area contributed by atoms with Crippen molar-refractivity contribution in [2.24, 2.45) is 5.92 Å². The molecule has 5 heteroatoms. The first-order valence-electron chi connectivity index (χ1n) is 5.51. The first-order valence-corrected chi connectivity index (χ1v) is 5.89. The van der Waals surface area contributed by atoms with E-state index in [0.717, 1.165) is 25.6 Å². The van der Waals surface area contributed by atoms with Crippen LogP contribution in [0.1, 0.15) is 17.5 Å². The van der Waals surface area contributed by atoms with E-state index < -0.39 is 11.7 Å². The molecule has 2 fully saturated rings. The molecule has 2 unspecified atom stereocenters. The third kappa shape index (κ3) is 1.66. The quantitative estimate of drug-likeness (QED) is 0.819. The molecule has 1 nitrogen and oxygen atoms in total. The maximum atomic E-state index is 12.7. The average molecular weight is 262 g/mol. The Morgan fingerprint density at radius 2 is 2.12 bits per heavy atom. The minimum absolute atomic E-state index is 0.141. The minimum atomic E-state index is -4.30. The molecule has 0 amide bonds. The lowest BCUT2D eigenvalue weighted by Gasteiger charge is -2.16. The van der Waals surface area contributed by atoms with Crippen LogP contribution in [-0.4, -0.2) is 13.1 Å². The Bertz CT molecular complexity index is 471. The largest absolute Gasteiger partial charge is 0.416 e. The second-order valence-electron chi connectivity index (χ2n) is 4.88. The summed E-state index contributed by atoms with van der Waals surface area (Å²) < 4.78 is 38.0. The van der Waals surface area contributed by atoms with Crippen LogP contribution in [0.4, 0.5) is 13.2 Å². The molecule has 17 heavy (non-hydrogen) atoms. The zero-order valence-corrected chi connectivity index (χ0v) is 9.70. The van der Waals surface area contributed by atoms with Gasteiger partial charge >= 0.3 is 6.18 Å². The van der Waals surface area contributed by atoms with E-state index in [9.17, 15) is 13.2 Å². The molecule has 1 aromatic carbocycles. The van der Waals surface area contributed by atoms with Crippen LogP contribution in [0.3, 0.4) is 0 Å². The summed E-state index contributed by atoms with van der Waals surface area (Å²) in [5.74, 6) is 0.448. The fraction of sp³-hybridized carbons (Fsp3) is 0.500. The predicted octanol–water partition coefficient (Wildman–Crippen LogP) is 3.22. The standard InChI is InChI=1S/C12H11ClF3N/c13-10-2-1-7(12(14,15)16)3-9(10)11-4-8(11)5-17-6-11/h1-3,8,17H,4-6H2. The molecular formula is C12H11ClF3N. The first kappa shape index (κ1) is 11.4. The van der Waals surface area contributed by atoms with E-state index >= 15 is 0 Å². The molecule has 92 valence electrons. The third-order valence-corrected chi connectivity index (χ3v) is 4.22. The third-order valence-electron chi connectivity index (χ3n) is 3.89. The number of rotatable bonds is 1. The van der Waals surface area contributed by atoms with Crippen LogP contribution in [0.5, 0.6) is 0 Å². The Morgan fingerprint density at radius 3 is 2.65 bits per heavy atom. The monoisotopic (exact) mass is 261 g/mol. The van der Waals surface area contributed by atoms with Crippen molar-refractivity contribution in [1.29, 1.82) is 0 Å². The molecule has 1 aromatic rings. The van der Waals surface area contributed by atoms with E-state index in [0.29, 0.717) is 16.5 Å². The first-order chi connectivity index (χ1) is 7.93. The Hall–Kier alpha value is -0.740. The molecule has 0 spiro atoms. The van der Waals surface area contributed by atoms with Crippen molar-refractivity contribution >= 4 is 11.6 Å². The number of benzene rings is 1. The topological polar surface area (TPSA) is 12.0 Å². The summed E-state index contributed by atoms with van der Waals surface area (Å²) in [5.41, 5.74) is -0.0916. The predicted molar refractivity (Wildman–Crippen MR) is 59.1 cm³/mol. The lowest BCUT2D eigenvalue weighted by atomic mass is 9.93. The number of halogens is 4. The van der Waals surface area contributed by atoms with Gasteiger partial charge in [-0.05, 0) is 42.6 Å². The molecule has 0 aromatic heterocycles. The second-order valence-corrected chi connectivity index (χ2v) is 5.29. The molecular weight excluding hydrogens is 251 g/mol. The van der Waals surface area contributed by atoms with Crippen LogP contribution in [0.2, 0.25) is 5.02 Å². The van der Waals surface area contributed by atoms with Crippen molar-refractivity contribution in [2.45, 2.75) is 18.0 Å². The van der Waals surface area contributed by atoms with E-state index in [1.54, 1.807) is 0 Å². The van der Waals surface area contributed by atoms with Gasteiger partial charge in [0.2, 0.25) is 0 Å². The van der Waals surface area contributed by atoms with Crippen molar-refractivity contribution < 1.29 is 13.2 Å². The molecule has 1 heterocycles. The van der Waals surface area contributed by atoms with Gasteiger partial charge in [0.1, 0.15) is 0 Å². The smallest absolute Gasteiger partial charge is 0.316 e. The highest BCUT2D eigenvalue weighted by Gasteiger charge is 2.59. The minimum Gasteiger partial charge on any atom is -0.316 e. The fourth-order valence-electron chi connectivity index (χ4n) is 2.84. The van der Waals surface area contributed by atoms with Crippen molar-refractivity contribution in [3.63, 3.8) is 0 Å². The zero-order valence-electron chi connectivity index (χ0n) is 8.94. The van der Waals surface area contributed by atoms with Crippen LogP contribution in [0.15, 0.2) is 18.2 Å². The van der Waals surface area contributed by atoms with Crippen LogP contribution in [0.25, 0.3) is 0 Å². The Morgan fingerprint density at radius 1 is 1.35 bits per heavy atom. The molecule has 1 N–H and O–H groups in total. The van der Waals surface area contributed by atoms with Gasteiger partial charge in [0.25, 0.3) is 0 Å². The number of alkyl halides is 3. The fourth-order valence-corrected chi connectivity index (χ4v) is 3.15. The lowest BCUT2D eigenvalue weighted by molar-refractivity contribution is -0.137. The summed E-state index contributed by atoms with van der Waals surface area (Å²) in [6, 6.07) is 3.62. The van der Waals surface area contributed by atoms with Gasteiger partial charge in [-0.25, -0.2) is 0 Å². The lowest BCUT2D eigenvalue weighted by Crippen LogP contribution is -2.20. The summed E-state index contributed by atoms with van der Waals surface area (Å²) in [5, 5.41) is 3.65. The molecule has 0 radical (unpaired) electrons. The molecule has 1 aliphatic heterocycles. The average Bonchev–Trinajstić information content (AvgIpc) is 2.80. The SMILES string of the molecule is FC(F)(F)c1ccc(Cl)c(C23CNCC2C3)c1. The van der Waals surface area contributed by atoms with Gasteiger partial charge in [-0.1, -0.05) is 11.6 Å². The number of fused-ring (bicyclic) bond motifs is 1. The van der Waals surface area contributed by atoms with Gasteiger partial charge in [0.15, 0.2) is 0 Å². The molecule has 1 saturated heterocycles. The maximum Gasteiger partial charge on any atom is 0.416 e. The summed E-state index contributed by atoms with van der Waals surface area (Å²) in [6.07, 6.45) is -3.35. The summed E-state index contributed by atoms with van der Waals surface area (Å²) in [7, 11) is 0. The van der Waals surface area contributed by atoms with E-state index in [2.05, 4.69) is 5.32 Å². The highest BCUT2D eigenvalue weighted by atomic mass is 35.5. The maximum absolute atomic E-state index is 12.7. The van der Waals surface area contributed by atoms with Crippen molar-refractivity contribution in [3.05, 3.63) is 34.3 Å². The Kier molecular flexibility index (Phi) is 2.26. The van der Waals surface area contributed by atoms with Crippen LogP contribution < -0.4 is 5.32 Å². The van der Waals surface area contributed by atoms with E-state index in [1.165, 1.54) is 12.1 Å². The molecule has 3 rings (SSSR count). The number of piperidine rings is 1. The van der Waals surface area contributed by atoms with Gasteiger partial charge in [0.05, 0.1) is 5.56 Å². The van der Waals surface area contributed by atoms with Crippen molar-refractivity contribution in [3.8, 4) is 0 Å². The molecule has 2 atom stereocenters. The van der Waals surface area contributed by atoms with Crippen LogP contribution in [-0.2, 0) is 11.6 Å². The van der Waals surface area contributed by atoms with Gasteiger partial charge in [0, 0.05) is 17.0 Å². The van der Waals surface area contributed by atoms with Crippen LogP contribution in [0, 0.1) is 5.92 Å². The molecule has 2 aliphatic rings. The second kappa shape index (κ2) is 3.39. The number of hydrogen-bond donors (Lipinski definition) is 1. The number of nitrogens with one attached hydrogen (secondary N) is 1. The highest BCUT2D eigenvalue weighted by Crippen LogP contribution is 2.58. The van der Waals surface area contributed by atoms with E-state index in [-0.39, 0.29) is 5.41 Å². The van der Waals surface area contributed by atoms with Crippen LogP contribution >= 0.6 is 11.6 Å². The molecule has 0 bridgehead atoms.